The summed E-state index contributed by atoms with van der Waals surface area (Å²) in [5, 5.41) is 2.18. The van der Waals surface area contributed by atoms with E-state index in [9.17, 15) is 35.6 Å². The number of amides is 2. The Balaban J connectivity index is 1.85. The van der Waals surface area contributed by atoms with Crippen LogP contribution in [0, 0.1) is 11.7 Å². The monoisotopic (exact) mass is 703 g/mol. The molecule has 4 rings (SSSR count). The summed E-state index contributed by atoms with van der Waals surface area (Å²) < 4.78 is 84.2. The van der Waals surface area contributed by atoms with Gasteiger partial charge in [0.15, 0.2) is 0 Å². The fourth-order valence-electron chi connectivity index (χ4n) is 4.90. The molecular weight excluding hydrogens is 670 g/mol. The molecule has 254 valence electrons. The Morgan fingerprint density at radius 2 is 1.46 bits per heavy atom. The molecule has 48 heavy (non-hydrogen) atoms. The van der Waals surface area contributed by atoms with Crippen molar-refractivity contribution in [3.05, 3.63) is 131 Å². The van der Waals surface area contributed by atoms with E-state index in [1.807, 2.05) is 13.8 Å². The second-order valence-corrected chi connectivity index (χ2v) is 13.7. The number of benzene rings is 4. The molecule has 0 aliphatic heterocycles. The van der Waals surface area contributed by atoms with Gasteiger partial charge in [-0.15, -0.1) is 0 Å². The lowest BCUT2D eigenvalue weighted by Crippen LogP contribution is -2.53. The van der Waals surface area contributed by atoms with Crippen LogP contribution in [-0.4, -0.2) is 44.3 Å². The molecule has 0 heterocycles. The van der Waals surface area contributed by atoms with Gasteiger partial charge in [0.25, 0.3) is 10.0 Å². The zero-order valence-electron chi connectivity index (χ0n) is 26.1. The Hall–Kier alpha value is -4.42. The summed E-state index contributed by atoms with van der Waals surface area (Å²) in [7, 11) is -4.64. The van der Waals surface area contributed by atoms with Crippen molar-refractivity contribution in [2.75, 3.05) is 17.4 Å². The number of sulfonamides is 1. The van der Waals surface area contributed by atoms with Crippen molar-refractivity contribution in [1.29, 1.82) is 0 Å². The molecule has 0 aliphatic carbocycles. The molecule has 1 unspecified atom stereocenters. The lowest BCUT2D eigenvalue weighted by atomic mass is 10.0. The van der Waals surface area contributed by atoms with Gasteiger partial charge in [0.1, 0.15) is 18.4 Å². The summed E-state index contributed by atoms with van der Waals surface area (Å²) in [6.45, 7) is 2.85. The zero-order chi connectivity index (χ0) is 35.1. The van der Waals surface area contributed by atoms with E-state index in [4.69, 9.17) is 11.6 Å². The number of hydrogen-bond donors (Lipinski definition) is 1. The number of nitrogens with one attached hydrogen (secondary N) is 1. The Morgan fingerprint density at radius 1 is 0.854 bits per heavy atom. The fourth-order valence-corrected chi connectivity index (χ4v) is 6.55. The van der Waals surface area contributed by atoms with Crippen molar-refractivity contribution in [3.8, 4) is 0 Å². The molecule has 0 bridgehead atoms. The molecule has 1 atom stereocenters. The summed E-state index contributed by atoms with van der Waals surface area (Å²) in [5.74, 6) is -1.88. The van der Waals surface area contributed by atoms with Crippen LogP contribution >= 0.6 is 11.6 Å². The highest BCUT2D eigenvalue weighted by Crippen LogP contribution is 2.38. The van der Waals surface area contributed by atoms with Crippen LogP contribution in [0.5, 0.6) is 0 Å². The van der Waals surface area contributed by atoms with Crippen molar-refractivity contribution in [2.45, 2.75) is 43.9 Å². The van der Waals surface area contributed by atoms with E-state index in [-0.39, 0.29) is 30.3 Å². The summed E-state index contributed by atoms with van der Waals surface area (Å²) >= 11 is 5.85. The Morgan fingerprint density at radius 3 is 2.04 bits per heavy atom. The van der Waals surface area contributed by atoms with Crippen molar-refractivity contribution in [2.24, 2.45) is 5.92 Å². The van der Waals surface area contributed by atoms with Gasteiger partial charge < -0.3 is 10.2 Å². The second-order valence-electron chi connectivity index (χ2n) is 11.5. The number of rotatable bonds is 13. The zero-order valence-corrected chi connectivity index (χ0v) is 27.7. The standard InChI is InChI=1S/C35H34ClF4N3O4S/c1-24(2)21-41-34(45)32(19-25-9-5-3-6-10-25)42(22-26-13-15-27(37)16-14-26)33(44)23-43(48(46,47)29-11-7-4-8-12-29)28-17-18-31(36)30(20-28)35(38,39)40/h3-18,20,24,32H,19,21-23H2,1-2H3,(H,41,45). The molecular formula is C35H34ClF4N3O4S. The molecule has 0 fully saturated rings. The molecule has 13 heteroatoms. The summed E-state index contributed by atoms with van der Waals surface area (Å²) in [6, 6.07) is 22.4. The average Bonchev–Trinajstić information content (AvgIpc) is 3.05. The Bertz CT molecular complexity index is 1810. The maximum Gasteiger partial charge on any atom is 0.417 e. The minimum atomic E-state index is -4.93. The van der Waals surface area contributed by atoms with Gasteiger partial charge in [-0.05, 0) is 59.5 Å². The second kappa shape index (κ2) is 15.7. The van der Waals surface area contributed by atoms with Gasteiger partial charge in [-0.1, -0.05) is 86.1 Å². The number of carbonyl (C=O) groups is 2. The van der Waals surface area contributed by atoms with Gasteiger partial charge >= 0.3 is 6.18 Å². The summed E-state index contributed by atoms with van der Waals surface area (Å²) in [5.41, 5.74) is -0.627. The molecule has 0 aliphatic rings. The third kappa shape index (κ3) is 9.35. The van der Waals surface area contributed by atoms with Crippen molar-refractivity contribution in [3.63, 3.8) is 0 Å². The van der Waals surface area contributed by atoms with E-state index in [1.54, 1.807) is 36.4 Å². The fraction of sp³-hybridized carbons (Fsp3) is 0.257. The predicted molar refractivity (Wildman–Crippen MR) is 176 cm³/mol. The van der Waals surface area contributed by atoms with E-state index >= 15 is 0 Å². The van der Waals surface area contributed by atoms with Gasteiger partial charge in [-0.2, -0.15) is 13.2 Å². The van der Waals surface area contributed by atoms with E-state index in [2.05, 4.69) is 5.32 Å². The molecule has 0 saturated heterocycles. The molecule has 4 aromatic carbocycles. The third-order valence-corrected chi connectivity index (χ3v) is 9.49. The Kier molecular flexibility index (Phi) is 11.9. The predicted octanol–water partition coefficient (Wildman–Crippen LogP) is 7.11. The Labute approximate surface area is 282 Å². The topological polar surface area (TPSA) is 86.8 Å². The molecule has 4 aromatic rings. The van der Waals surface area contributed by atoms with Gasteiger partial charge in [0, 0.05) is 19.5 Å². The van der Waals surface area contributed by atoms with Crippen LogP contribution in [0.25, 0.3) is 0 Å². The van der Waals surface area contributed by atoms with E-state index in [1.165, 1.54) is 53.4 Å². The number of hydrogen-bond acceptors (Lipinski definition) is 4. The molecule has 0 radical (unpaired) electrons. The van der Waals surface area contributed by atoms with E-state index in [0.29, 0.717) is 21.5 Å². The molecule has 1 N–H and O–H groups in total. The van der Waals surface area contributed by atoms with Crippen LogP contribution in [0.15, 0.2) is 108 Å². The van der Waals surface area contributed by atoms with Gasteiger partial charge in [0.2, 0.25) is 11.8 Å². The number of halogens is 5. The third-order valence-electron chi connectivity index (χ3n) is 7.38. The number of alkyl halides is 3. The largest absolute Gasteiger partial charge is 0.417 e. The van der Waals surface area contributed by atoms with E-state index < -0.39 is 62.7 Å². The first-order chi connectivity index (χ1) is 22.7. The highest BCUT2D eigenvalue weighted by Gasteiger charge is 2.37. The minimum absolute atomic E-state index is 0.0301. The number of anilines is 1. The lowest BCUT2D eigenvalue weighted by molar-refractivity contribution is -0.140. The highest BCUT2D eigenvalue weighted by molar-refractivity contribution is 7.92. The van der Waals surface area contributed by atoms with Crippen molar-refractivity contribution in [1.82, 2.24) is 10.2 Å². The molecule has 0 saturated carbocycles. The molecule has 0 aromatic heterocycles. The maximum absolute atomic E-state index is 14.4. The normalized spacial score (nSPS) is 12.4. The number of nitrogens with zero attached hydrogens (tertiary/aromatic N) is 2. The van der Waals surface area contributed by atoms with Crippen LogP contribution in [-0.2, 0) is 38.8 Å². The highest BCUT2D eigenvalue weighted by atomic mass is 35.5. The van der Waals surface area contributed by atoms with Crippen molar-refractivity contribution < 1.29 is 35.6 Å². The van der Waals surface area contributed by atoms with Crippen LogP contribution in [0.3, 0.4) is 0 Å². The number of carbonyl (C=O) groups excluding carboxylic acids is 2. The first-order valence-corrected chi connectivity index (χ1v) is 16.8. The van der Waals surface area contributed by atoms with Crippen LogP contribution in [0.2, 0.25) is 5.02 Å². The molecule has 0 spiro atoms. The van der Waals surface area contributed by atoms with Gasteiger partial charge in [-0.3, -0.25) is 13.9 Å². The first-order valence-electron chi connectivity index (χ1n) is 15.0. The van der Waals surface area contributed by atoms with Crippen LogP contribution in [0.1, 0.15) is 30.5 Å². The summed E-state index contributed by atoms with van der Waals surface area (Å²) in [4.78, 5) is 29.1. The van der Waals surface area contributed by atoms with Gasteiger partial charge in [-0.25, -0.2) is 12.8 Å². The molecule has 7 nitrogen and oxygen atoms in total. The first kappa shape index (κ1) is 36.4. The molecule has 2 amide bonds. The smallest absolute Gasteiger partial charge is 0.354 e. The lowest BCUT2D eigenvalue weighted by Gasteiger charge is -2.34. The van der Waals surface area contributed by atoms with Crippen molar-refractivity contribution >= 4 is 39.1 Å². The summed E-state index contributed by atoms with van der Waals surface area (Å²) in [6.07, 6.45) is -4.90. The van der Waals surface area contributed by atoms with Crippen LogP contribution < -0.4 is 9.62 Å². The SMILES string of the molecule is CC(C)CNC(=O)C(Cc1ccccc1)N(Cc1ccc(F)cc1)C(=O)CN(c1ccc(Cl)c(C(F)(F)F)c1)S(=O)(=O)c1ccccc1. The maximum atomic E-state index is 14.4. The van der Waals surface area contributed by atoms with E-state index in [0.717, 1.165) is 12.1 Å². The van der Waals surface area contributed by atoms with Gasteiger partial charge in [0.05, 0.1) is 21.2 Å². The quantitative estimate of drug-likeness (QED) is 0.151. The van der Waals surface area contributed by atoms with Crippen LogP contribution in [0.4, 0.5) is 23.2 Å². The average molecular weight is 704 g/mol. The minimum Gasteiger partial charge on any atom is -0.354 e.